The Bertz CT molecular complexity index is 308. The van der Waals surface area contributed by atoms with Crippen molar-refractivity contribution in [2.45, 2.75) is 82.7 Å². The Kier molecular flexibility index (Phi) is 11.5. The Balaban J connectivity index is 1.96. The summed E-state index contributed by atoms with van der Waals surface area (Å²) in [6.07, 6.45) is 10.6. The third-order valence-corrected chi connectivity index (χ3v) is 4.27. The molecule has 0 aromatic carbocycles. The van der Waals surface area contributed by atoms with Crippen LogP contribution in [0.4, 0.5) is 0 Å². The summed E-state index contributed by atoms with van der Waals surface area (Å²) in [5.74, 6) is 0. The van der Waals surface area contributed by atoms with E-state index in [0.29, 0.717) is 6.61 Å². The second-order valence-electron chi connectivity index (χ2n) is 6.23. The zero-order valence-corrected chi connectivity index (χ0v) is 14.4. The fraction of sp³-hybridized carbons (Fsp3) is 0.889. The molecular formula is C18H34O5. The van der Waals surface area contributed by atoms with Crippen molar-refractivity contribution in [3.8, 4) is 0 Å². The maximum atomic E-state index is 9.93. The minimum atomic E-state index is -1.08. The number of ether oxygens (including phenoxy) is 2. The molecule has 23 heavy (non-hydrogen) atoms. The van der Waals surface area contributed by atoms with Gasteiger partial charge in [-0.2, -0.15) is 0 Å². The first-order chi connectivity index (χ1) is 11.2. The molecule has 5 heteroatoms. The van der Waals surface area contributed by atoms with Gasteiger partial charge in [0.1, 0.15) is 24.4 Å². The van der Waals surface area contributed by atoms with Gasteiger partial charge < -0.3 is 24.8 Å². The van der Waals surface area contributed by atoms with Crippen LogP contribution in [-0.4, -0.2) is 59.6 Å². The number of hydrogen-bond acceptors (Lipinski definition) is 5. The van der Waals surface area contributed by atoms with Crippen LogP contribution in [0.25, 0.3) is 0 Å². The Hall–Kier alpha value is -0.460. The molecule has 1 heterocycles. The zero-order valence-electron chi connectivity index (χ0n) is 14.4. The lowest BCUT2D eigenvalue weighted by Crippen LogP contribution is -2.55. The summed E-state index contributed by atoms with van der Waals surface area (Å²) < 4.78 is 10.9. The van der Waals surface area contributed by atoms with Crippen molar-refractivity contribution < 1.29 is 24.8 Å². The Morgan fingerprint density at radius 3 is 2.39 bits per heavy atom. The van der Waals surface area contributed by atoms with E-state index in [4.69, 9.17) is 14.6 Å². The van der Waals surface area contributed by atoms with Crippen molar-refractivity contribution in [1.29, 1.82) is 0 Å². The van der Waals surface area contributed by atoms with Crippen LogP contribution in [0.2, 0.25) is 0 Å². The summed E-state index contributed by atoms with van der Waals surface area (Å²) in [4.78, 5) is 0. The Morgan fingerprint density at radius 1 is 1.00 bits per heavy atom. The van der Waals surface area contributed by atoms with Crippen molar-refractivity contribution in [3.05, 3.63) is 12.2 Å². The number of unbranched alkanes of at least 4 members (excludes halogenated alkanes) is 6. The van der Waals surface area contributed by atoms with Gasteiger partial charge >= 0.3 is 0 Å². The molecule has 0 aromatic heterocycles. The van der Waals surface area contributed by atoms with E-state index >= 15 is 0 Å². The molecule has 136 valence electrons. The number of aliphatic hydroxyl groups is 3. The van der Waals surface area contributed by atoms with Gasteiger partial charge in [-0.1, -0.05) is 44.8 Å². The summed E-state index contributed by atoms with van der Waals surface area (Å²) >= 11 is 0. The number of allylic oxidation sites excluding steroid dienone is 2. The first-order valence-corrected chi connectivity index (χ1v) is 9.05. The molecule has 4 atom stereocenters. The quantitative estimate of drug-likeness (QED) is 0.377. The molecule has 0 amide bonds. The molecule has 0 spiro atoms. The molecular weight excluding hydrogens is 296 g/mol. The normalized spacial score (nSPS) is 28.5. The van der Waals surface area contributed by atoms with Gasteiger partial charge in [0.25, 0.3) is 0 Å². The SMILES string of the molecule is CC/C=C/CCCCCCCCO[C@H]1CO[C@H](CO)[C@@H](O)[C@@H]1O. The predicted molar refractivity (Wildman–Crippen MR) is 90.3 cm³/mol. The molecule has 5 nitrogen and oxygen atoms in total. The molecule has 0 aliphatic carbocycles. The molecule has 1 rings (SSSR count). The lowest BCUT2D eigenvalue weighted by molar-refractivity contribution is -0.208. The molecule has 0 aromatic rings. The molecule has 3 N–H and O–H groups in total. The average Bonchev–Trinajstić information content (AvgIpc) is 2.56. The van der Waals surface area contributed by atoms with Gasteiger partial charge in [-0.05, 0) is 25.7 Å². The summed E-state index contributed by atoms with van der Waals surface area (Å²) in [5, 5.41) is 28.7. The summed E-state index contributed by atoms with van der Waals surface area (Å²) in [6.45, 7) is 2.65. The maximum Gasteiger partial charge on any atom is 0.111 e. The molecule has 0 radical (unpaired) electrons. The van der Waals surface area contributed by atoms with Crippen LogP contribution >= 0.6 is 0 Å². The molecule has 1 aliphatic heterocycles. The fourth-order valence-electron chi connectivity index (χ4n) is 2.75. The van der Waals surface area contributed by atoms with E-state index in [1.807, 2.05) is 0 Å². The fourth-order valence-corrected chi connectivity index (χ4v) is 2.75. The summed E-state index contributed by atoms with van der Waals surface area (Å²) in [7, 11) is 0. The van der Waals surface area contributed by atoms with Crippen molar-refractivity contribution >= 4 is 0 Å². The first-order valence-electron chi connectivity index (χ1n) is 9.05. The van der Waals surface area contributed by atoms with Gasteiger partial charge in [0.05, 0.1) is 13.2 Å². The van der Waals surface area contributed by atoms with Crippen LogP contribution in [0.15, 0.2) is 12.2 Å². The van der Waals surface area contributed by atoms with Crippen molar-refractivity contribution in [1.82, 2.24) is 0 Å². The monoisotopic (exact) mass is 330 g/mol. The first kappa shape index (κ1) is 20.6. The standard InChI is InChI=1S/C18H34O5/c1-2-3-4-5-6-7-8-9-10-11-12-22-16-14-23-15(13-19)17(20)18(16)21/h3-4,15-21H,2,5-14H2,1H3/b4-3+/t15-,16+,17-,18-/m1/s1. The highest BCUT2D eigenvalue weighted by molar-refractivity contribution is 4.87. The summed E-state index contributed by atoms with van der Waals surface area (Å²) in [6, 6.07) is 0. The summed E-state index contributed by atoms with van der Waals surface area (Å²) in [5.41, 5.74) is 0. The van der Waals surface area contributed by atoms with Crippen LogP contribution in [-0.2, 0) is 9.47 Å². The van der Waals surface area contributed by atoms with E-state index in [2.05, 4.69) is 19.1 Å². The van der Waals surface area contributed by atoms with Crippen LogP contribution < -0.4 is 0 Å². The second-order valence-corrected chi connectivity index (χ2v) is 6.23. The minimum Gasteiger partial charge on any atom is -0.394 e. The van der Waals surface area contributed by atoms with Crippen LogP contribution in [0.5, 0.6) is 0 Å². The van der Waals surface area contributed by atoms with Gasteiger partial charge in [0.2, 0.25) is 0 Å². The highest BCUT2D eigenvalue weighted by Crippen LogP contribution is 2.18. The van der Waals surface area contributed by atoms with Crippen molar-refractivity contribution in [2.75, 3.05) is 19.8 Å². The largest absolute Gasteiger partial charge is 0.394 e. The zero-order chi connectivity index (χ0) is 16.9. The minimum absolute atomic E-state index is 0.217. The van der Waals surface area contributed by atoms with Crippen LogP contribution in [0.3, 0.4) is 0 Å². The lowest BCUT2D eigenvalue weighted by atomic mass is 10.0. The number of rotatable bonds is 12. The van der Waals surface area contributed by atoms with Gasteiger partial charge in [0, 0.05) is 6.61 Å². The third kappa shape index (κ3) is 8.27. The van der Waals surface area contributed by atoms with Gasteiger partial charge in [0.15, 0.2) is 0 Å². The second kappa shape index (κ2) is 12.9. The molecule has 1 fully saturated rings. The number of hydrogen-bond donors (Lipinski definition) is 3. The Morgan fingerprint density at radius 2 is 1.70 bits per heavy atom. The van der Waals surface area contributed by atoms with E-state index in [9.17, 15) is 10.2 Å². The molecule has 1 saturated heterocycles. The maximum absolute atomic E-state index is 9.93. The lowest BCUT2D eigenvalue weighted by Gasteiger charge is -2.36. The molecule has 0 bridgehead atoms. The Labute approximate surface area is 140 Å². The molecule has 0 saturated carbocycles. The number of aliphatic hydroxyl groups excluding tert-OH is 3. The van der Waals surface area contributed by atoms with E-state index in [1.165, 1.54) is 32.1 Å². The van der Waals surface area contributed by atoms with Crippen LogP contribution in [0, 0.1) is 0 Å². The van der Waals surface area contributed by atoms with E-state index in [1.54, 1.807) is 0 Å². The van der Waals surface area contributed by atoms with E-state index in [-0.39, 0.29) is 13.2 Å². The third-order valence-electron chi connectivity index (χ3n) is 4.27. The van der Waals surface area contributed by atoms with Gasteiger partial charge in [-0.15, -0.1) is 0 Å². The predicted octanol–water partition coefficient (Wildman–Crippen LogP) is 2.18. The van der Waals surface area contributed by atoms with Gasteiger partial charge in [-0.25, -0.2) is 0 Å². The van der Waals surface area contributed by atoms with Crippen LogP contribution in [0.1, 0.15) is 58.3 Å². The van der Waals surface area contributed by atoms with Crippen molar-refractivity contribution in [3.63, 3.8) is 0 Å². The average molecular weight is 330 g/mol. The van der Waals surface area contributed by atoms with Gasteiger partial charge in [-0.3, -0.25) is 0 Å². The van der Waals surface area contributed by atoms with E-state index in [0.717, 1.165) is 19.3 Å². The highest BCUT2D eigenvalue weighted by Gasteiger charge is 2.38. The molecule has 1 aliphatic rings. The smallest absolute Gasteiger partial charge is 0.111 e. The van der Waals surface area contributed by atoms with Crippen molar-refractivity contribution in [2.24, 2.45) is 0 Å². The topological polar surface area (TPSA) is 79.2 Å². The highest BCUT2D eigenvalue weighted by atomic mass is 16.6. The molecule has 0 unspecified atom stereocenters. The van der Waals surface area contributed by atoms with E-state index < -0.39 is 24.4 Å².